The summed E-state index contributed by atoms with van der Waals surface area (Å²) >= 11 is 1.73. The van der Waals surface area contributed by atoms with Crippen molar-refractivity contribution < 1.29 is 4.79 Å². The minimum atomic E-state index is -0.390. The zero-order valence-corrected chi connectivity index (χ0v) is 12.8. The van der Waals surface area contributed by atoms with Crippen LogP contribution in [0.2, 0.25) is 0 Å². The Kier molecular flexibility index (Phi) is 5.35. The summed E-state index contributed by atoms with van der Waals surface area (Å²) in [4.78, 5) is 16.4. The van der Waals surface area contributed by atoms with Gasteiger partial charge < -0.3 is 10.6 Å². The number of thiophene rings is 1. The molecule has 2 unspecified atom stereocenters. The molecule has 4 heteroatoms. The van der Waals surface area contributed by atoms with Crippen LogP contribution < -0.4 is 5.73 Å². The molecule has 0 saturated heterocycles. The number of carbonyl (C=O) groups excluding carboxylic acids is 1. The monoisotopic (exact) mass is 268 g/mol. The standard InChI is InChI=1S/C14H24N2OS/c1-9(2)8-12(15)14(17)16(5)11(4)13-7-6-10(3)18-13/h6-7,9,11-12H,8,15H2,1-5H3. The molecule has 1 amide bonds. The van der Waals surface area contributed by atoms with E-state index in [0.29, 0.717) is 5.92 Å². The van der Waals surface area contributed by atoms with Crippen molar-refractivity contribution >= 4 is 17.2 Å². The van der Waals surface area contributed by atoms with Gasteiger partial charge in [0, 0.05) is 16.8 Å². The quantitative estimate of drug-likeness (QED) is 0.892. The molecule has 1 rings (SSSR count). The summed E-state index contributed by atoms with van der Waals surface area (Å²) in [5.74, 6) is 0.471. The highest BCUT2D eigenvalue weighted by Crippen LogP contribution is 2.26. The number of rotatable bonds is 5. The fourth-order valence-electron chi connectivity index (χ4n) is 1.93. The zero-order valence-electron chi connectivity index (χ0n) is 11.9. The fraction of sp³-hybridized carbons (Fsp3) is 0.643. The molecule has 0 aliphatic carbocycles. The third-order valence-electron chi connectivity index (χ3n) is 3.14. The Hall–Kier alpha value is -0.870. The van der Waals surface area contributed by atoms with Gasteiger partial charge in [0.05, 0.1) is 12.1 Å². The highest BCUT2D eigenvalue weighted by molar-refractivity contribution is 7.12. The molecule has 0 radical (unpaired) electrons. The van der Waals surface area contributed by atoms with Gasteiger partial charge in [-0.05, 0) is 38.3 Å². The van der Waals surface area contributed by atoms with E-state index >= 15 is 0 Å². The highest BCUT2D eigenvalue weighted by atomic mass is 32.1. The van der Waals surface area contributed by atoms with Crippen LogP contribution >= 0.6 is 11.3 Å². The number of aryl methyl sites for hydroxylation is 1. The number of hydrogen-bond acceptors (Lipinski definition) is 3. The first-order chi connectivity index (χ1) is 8.32. The minimum absolute atomic E-state index is 0.0299. The van der Waals surface area contributed by atoms with Crippen molar-refractivity contribution in [2.24, 2.45) is 11.7 Å². The summed E-state index contributed by atoms with van der Waals surface area (Å²) in [6, 6.07) is 3.87. The second-order valence-corrected chi connectivity index (χ2v) is 6.63. The summed E-state index contributed by atoms with van der Waals surface area (Å²) in [5.41, 5.74) is 5.95. The smallest absolute Gasteiger partial charge is 0.239 e. The average molecular weight is 268 g/mol. The van der Waals surface area contributed by atoms with Crippen molar-refractivity contribution in [1.29, 1.82) is 0 Å². The van der Waals surface area contributed by atoms with Gasteiger partial charge in [-0.25, -0.2) is 0 Å². The van der Waals surface area contributed by atoms with Crippen LogP contribution in [0.15, 0.2) is 12.1 Å². The molecular formula is C14H24N2OS. The third kappa shape index (κ3) is 3.82. The molecule has 0 aromatic carbocycles. The second kappa shape index (κ2) is 6.34. The van der Waals surface area contributed by atoms with Crippen LogP contribution in [0.3, 0.4) is 0 Å². The van der Waals surface area contributed by atoms with Crippen LogP contribution in [0.4, 0.5) is 0 Å². The first-order valence-electron chi connectivity index (χ1n) is 6.41. The van der Waals surface area contributed by atoms with Gasteiger partial charge in [-0.3, -0.25) is 4.79 Å². The molecule has 18 heavy (non-hydrogen) atoms. The van der Waals surface area contributed by atoms with Crippen molar-refractivity contribution in [3.8, 4) is 0 Å². The molecule has 1 aromatic heterocycles. The minimum Gasteiger partial charge on any atom is -0.337 e. The summed E-state index contributed by atoms with van der Waals surface area (Å²) in [6.45, 7) is 8.29. The average Bonchev–Trinajstić information content (AvgIpc) is 2.72. The van der Waals surface area contributed by atoms with E-state index in [1.54, 1.807) is 16.2 Å². The van der Waals surface area contributed by atoms with Gasteiger partial charge in [0.15, 0.2) is 0 Å². The Balaban J connectivity index is 2.68. The summed E-state index contributed by atoms with van der Waals surface area (Å²) < 4.78 is 0. The van der Waals surface area contributed by atoms with E-state index in [0.717, 1.165) is 6.42 Å². The van der Waals surface area contributed by atoms with Crippen LogP contribution in [0, 0.1) is 12.8 Å². The molecule has 0 aliphatic rings. The molecule has 102 valence electrons. The van der Waals surface area contributed by atoms with Crippen molar-refractivity contribution in [3.05, 3.63) is 21.9 Å². The van der Waals surface area contributed by atoms with E-state index in [-0.39, 0.29) is 11.9 Å². The van der Waals surface area contributed by atoms with E-state index in [9.17, 15) is 4.79 Å². The molecule has 2 N–H and O–H groups in total. The molecule has 0 saturated carbocycles. The predicted octanol–water partition coefficient (Wildman–Crippen LogP) is 2.95. The zero-order chi connectivity index (χ0) is 13.9. The number of nitrogens with two attached hydrogens (primary N) is 1. The van der Waals surface area contributed by atoms with Gasteiger partial charge in [-0.2, -0.15) is 0 Å². The molecular weight excluding hydrogens is 244 g/mol. The van der Waals surface area contributed by atoms with Crippen molar-refractivity contribution in [1.82, 2.24) is 4.90 Å². The second-order valence-electron chi connectivity index (χ2n) is 5.31. The lowest BCUT2D eigenvalue weighted by Crippen LogP contribution is -2.43. The first kappa shape index (κ1) is 15.2. The van der Waals surface area contributed by atoms with Gasteiger partial charge in [0.2, 0.25) is 5.91 Å². The molecule has 0 bridgehead atoms. The topological polar surface area (TPSA) is 46.3 Å². The number of nitrogens with zero attached hydrogens (tertiary/aromatic N) is 1. The molecule has 1 heterocycles. The lowest BCUT2D eigenvalue weighted by molar-refractivity contribution is -0.133. The van der Waals surface area contributed by atoms with Crippen LogP contribution in [-0.4, -0.2) is 23.9 Å². The lowest BCUT2D eigenvalue weighted by Gasteiger charge is -2.27. The van der Waals surface area contributed by atoms with E-state index in [1.807, 2.05) is 14.0 Å². The van der Waals surface area contributed by atoms with E-state index < -0.39 is 6.04 Å². The molecule has 3 nitrogen and oxygen atoms in total. The fourth-order valence-corrected chi connectivity index (χ4v) is 2.90. The molecule has 1 aromatic rings. The van der Waals surface area contributed by atoms with Gasteiger partial charge in [0.25, 0.3) is 0 Å². The van der Waals surface area contributed by atoms with Crippen LogP contribution in [-0.2, 0) is 4.79 Å². The molecule has 2 atom stereocenters. The Morgan fingerprint density at radius 2 is 2.00 bits per heavy atom. The normalized spacial score (nSPS) is 14.6. The SMILES string of the molecule is Cc1ccc(C(C)N(C)C(=O)C(N)CC(C)C)s1. The molecule has 0 spiro atoms. The maximum atomic E-state index is 12.2. The van der Waals surface area contributed by atoms with E-state index in [4.69, 9.17) is 5.73 Å². The lowest BCUT2D eigenvalue weighted by atomic mass is 10.0. The number of carbonyl (C=O) groups is 1. The molecule has 0 aliphatic heterocycles. The first-order valence-corrected chi connectivity index (χ1v) is 7.23. The number of likely N-dealkylation sites (N-methyl/N-ethyl adjacent to an activating group) is 1. The van der Waals surface area contributed by atoms with Gasteiger partial charge in [-0.1, -0.05) is 13.8 Å². The maximum absolute atomic E-state index is 12.2. The maximum Gasteiger partial charge on any atom is 0.239 e. The highest BCUT2D eigenvalue weighted by Gasteiger charge is 2.24. The third-order valence-corrected chi connectivity index (χ3v) is 4.31. The predicted molar refractivity (Wildman–Crippen MR) is 77.7 cm³/mol. The summed E-state index contributed by atoms with van der Waals surface area (Å²) in [7, 11) is 1.84. The van der Waals surface area contributed by atoms with Gasteiger partial charge in [-0.15, -0.1) is 11.3 Å². The van der Waals surface area contributed by atoms with Crippen LogP contribution in [0.1, 0.15) is 43.0 Å². The Morgan fingerprint density at radius 1 is 1.39 bits per heavy atom. The Bertz CT molecular complexity index is 400. The van der Waals surface area contributed by atoms with Crippen molar-refractivity contribution in [2.45, 2.75) is 46.2 Å². The summed E-state index contributed by atoms with van der Waals surface area (Å²) in [6.07, 6.45) is 0.735. The van der Waals surface area contributed by atoms with Gasteiger partial charge >= 0.3 is 0 Å². The Labute approximate surface area is 114 Å². The van der Waals surface area contributed by atoms with Crippen LogP contribution in [0.25, 0.3) is 0 Å². The number of hydrogen-bond donors (Lipinski definition) is 1. The Morgan fingerprint density at radius 3 is 2.44 bits per heavy atom. The van der Waals surface area contributed by atoms with Crippen molar-refractivity contribution in [2.75, 3.05) is 7.05 Å². The van der Waals surface area contributed by atoms with Crippen LogP contribution in [0.5, 0.6) is 0 Å². The number of amides is 1. The van der Waals surface area contributed by atoms with E-state index in [1.165, 1.54) is 9.75 Å². The van der Waals surface area contributed by atoms with E-state index in [2.05, 4.69) is 32.9 Å². The summed E-state index contributed by atoms with van der Waals surface area (Å²) in [5, 5.41) is 0. The van der Waals surface area contributed by atoms with Crippen molar-refractivity contribution in [3.63, 3.8) is 0 Å². The molecule has 0 fully saturated rings. The van der Waals surface area contributed by atoms with Gasteiger partial charge in [0.1, 0.15) is 0 Å². The largest absolute Gasteiger partial charge is 0.337 e.